The van der Waals surface area contributed by atoms with Crippen LogP contribution in [-0.2, 0) is 22.7 Å². The maximum absolute atomic E-state index is 12.8. The Labute approximate surface area is 161 Å². The number of halogens is 3. The Bertz CT molecular complexity index is 844. The maximum Gasteiger partial charge on any atom is 0.416 e. The molecule has 0 aliphatic carbocycles. The zero-order valence-electron chi connectivity index (χ0n) is 14.6. The van der Waals surface area contributed by atoms with Gasteiger partial charge in [-0.15, -0.1) is 0 Å². The average Bonchev–Trinajstić information content (AvgIpc) is 3.14. The van der Waals surface area contributed by atoms with Crippen LogP contribution >= 0.6 is 11.3 Å². The van der Waals surface area contributed by atoms with Crippen molar-refractivity contribution < 1.29 is 21.6 Å². The van der Waals surface area contributed by atoms with E-state index in [-0.39, 0.29) is 17.4 Å². The van der Waals surface area contributed by atoms with Crippen LogP contribution in [0.15, 0.2) is 46.0 Å². The average molecular weight is 419 g/mol. The molecule has 0 atom stereocenters. The number of thiophene rings is 1. The molecule has 2 heterocycles. The minimum absolute atomic E-state index is 0.185. The van der Waals surface area contributed by atoms with Crippen molar-refractivity contribution in [3.63, 3.8) is 0 Å². The summed E-state index contributed by atoms with van der Waals surface area (Å²) in [6.45, 7) is 2.90. The highest BCUT2D eigenvalue weighted by atomic mass is 32.2. The topological polar surface area (TPSA) is 49.4 Å². The third-order valence-electron chi connectivity index (χ3n) is 4.73. The van der Waals surface area contributed by atoms with Gasteiger partial charge in [0.2, 0.25) is 10.0 Å². The van der Waals surface area contributed by atoms with Gasteiger partial charge in [0.15, 0.2) is 0 Å². The molecule has 0 unspecified atom stereocenters. The molecule has 4 nitrogen and oxygen atoms in total. The van der Waals surface area contributed by atoms with E-state index in [2.05, 4.69) is 21.1 Å². The Morgan fingerprint density at radius 2 is 1.93 bits per heavy atom. The van der Waals surface area contributed by atoms with Gasteiger partial charge in [0.1, 0.15) is 0 Å². The lowest BCUT2D eigenvalue weighted by Gasteiger charge is -2.31. The molecule has 0 radical (unpaired) electrons. The second-order valence-corrected chi connectivity index (χ2v) is 9.28. The van der Waals surface area contributed by atoms with E-state index in [4.69, 9.17) is 0 Å². The molecule has 1 aromatic carbocycles. The number of hydrogen-bond acceptors (Lipinski definition) is 4. The fraction of sp³-hybridized carbons (Fsp3) is 0.444. The number of nitrogens with zero attached hydrogens (tertiary/aromatic N) is 1. The molecule has 148 valence electrons. The number of alkyl halides is 3. The van der Waals surface area contributed by atoms with Crippen LogP contribution in [0.4, 0.5) is 13.2 Å². The normalized spacial score (nSPS) is 17.3. The first kappa shape index (κ1) is 20.3. The second-order valence-electron chi connectivity index (χ2n) is 6.73. The summed E-state index contributed by atoms with van der Waals surface area (Å²) in [5, 5.41) is 4.17. The van der Waals surface area contributed by atoms with Crippen molar-refractivity contribution in [2.45, 2.75) is 30.5 Å². The van der Waals surface area contributed by atoms with Crippen LogP contribution in [-0.4, -0.2) is 33.0 Å². The number of rotatable bonds is 6. The molecule has 9 heteroatoms. The standard InChI is InChI=1S/C18H21F3N2O2S2/c19-18(20,21)16-2-1-3-17(10-16)27(24,25)22-11-14-4-7-23(8-5-14)12-15-6-9-26-13-15/h1-3,6,9-10,13-14,22H,4-5,7-8,11-12H2. The van der Waals surface area contributed by atoms with Gasteiger partial charge in [0.25, 0.3) is 0 Å². The first-order valence-corrected chi connectivity index (χ1v) is 11.1. The maximum atomic E-state index is 12.8. The van der Waals surface area contributed by atoms with Gasteiger partial charge in [-0.3, -0.25) is 4.90 Å². The van der Waals surface area contributed by atoms with Gasteiger partial charge in [-0.1, -0.05) is 6.07 Å². The number of nitrogens with one attached hydrogen (secondary N) is 1. The number of piperidine rings is 1. The molecular weight excluding hydrogens is 397 g/mol. The zero-order valence-corrected chi connectivity index (χ0v) is 16.2. The molecule has 0 spiro atoms. The predicted octanol–water partition coefficient (Wildman–Crippen LogP) is 3.96. The number of likely N-dealkylation sites (tertiary alicyclic amines) is 1. The minimum atomic E-state index is -4.57. The number of hydrogen-bond donors (Lipinski definition) is 1. The summed E-state index contributed by atoms with van der Waals surface area (Å²) in [5.74, 6) is 0.185. The first-order chi connectivity index (χ1) is 12.7. The van der Waals surface area contributed by atoms with E-state index in [1.165, 1.54) is 11.6 Å². The van der Waals surface area contributed by atoms with Crippen LogP contribution in [0.25, 0.3) is 0 Å². The molecule has 0 saturated carbocycles. The Kier molecular flexibility index (Phi) is 6.25. The Balaban J connectivity index is 1.52. The van der Waals surface area contributed by atoms with Crippen LogP contribution in [0.2, 0.25) is 0 Å². The predicted molar refractivity (Wildman–Crippen MR) is 99.0 cm³/mol. The van der Waals surface area contributed by atoms with Crippen LogP contribution in [0, 0.1) is 5.92 Å². The Morgan fingerprint density at radius 3 is 2.56 bits per heavy atom. The summed E-state index contributed by atoms with van der Waals surface area (Å²) in [6.07, 6.45) is -2.86. The highest BCUT2D eigenvalue weighted by Gasteiger charge is 2.31. The molecule has 0 bridgehead atoms. The summed E-state index contributed by atoms with van der Waals surface area (Å²) >= 11 is 1.67. The lowest BCUT2D eigenvalue weighted by Crippen LogP contribution is -2.38. The van der Waals surface area contributed by atoms with Crippen molar-refractivity contribution in [2.24, 2.45) is 5.92 Å². The third-order valence-corrected chi connectivity index (χ3v) is 6.88. The van der Waals surface area contributed by atoms with Crippen molar-refractivity contribution in [3.8, 4) is 0 Å². The lowest BCUT2D eigenvalue weighted by molar-refractivity contribution is -0.137. The zero-order chi connectivity index (χ0) is 19.5. The quantitative estimate of drug-likeness (QED) is 0.773. The molecule has 1 fully saturated rings. The summed E-state index contributed by atoms with van der Waals surface area (Å²) < 4.78 is 65.5. The molecule has 1 aliphatic rings. The van der Waals surface area contributed by atoms with E-state index < -0.39 is 21.8 Å². The van der Waals surface area contributed by atoms with E-state index in [1.807, 2.05) is 5.38 Å². The van der Waals surface area contributed by atoms with Crippen LogP contribution in [0.5, 0.6) is 0 Å². The highest BCUT2D eigenvalue weighted by molar-refractivity contribution is 7.89. The van der Waals surface area contributed by atoms with Gasteiger partial charge >= 0.3 is 6.18 Å². The monoisotopic (exact) mass is 418 g/mol. The van der Waals surface area contributed by atoms with Crippen molar-refractivity contribution >= 4 is 21.4 Å². The Morgan fingerprint density at radius 1 is 1.19 bits per heavy atom. The molecule has 2 aromatic rings. The number of benzene rings is 1. The van der Waals surface area contributed by atoms with E-state index in [9.17, 15) is 21.6 Å². The fourth-order valence-corrected chi connectivity index (χ4v) is 4.96. The van der Waals surface area contributed by atoms with Gasteiger partial charge in [-0.2, -0.15) is 24.5 Å². The summed E-state index contributed by atoms with van der Waals surface area (Å²) in [7, 11) is -3.96. The summed E-state index contributed by atoms with van der Waals surface area (Å²) in [4.78, 5) is 1.98. The first-order valence-electron chi connectivity index (χ1n) is 8.64. The molecule has 3 rings (SSSR count). The van der Waals surface area contributed by atoms with Crippen molar-refractivity contribution in [1.29, 1.82) is 0 Å². The molecule has 1 saturated heterocycles. The SMILES string of the molecule is O=S(=O)(NCC1CCN(Cc2ccsc2)CC1)c1cccc(C(F)(F)F)c1. The van der Waals surface area contributed by atoms with E-state index >= 15 is 0 Å². The fourth-order valence-electron chi connectivity index (χ4n) is 3.14. The molecular formula is C18H21F3N2O2S2. The molecule has 1 N–H and O–H groups in total. The largest absolute Gasteiger partial charge is 0.416 e. The number of sulfonamides is 1. The highest BCUT2D eigenvalue weighted by Crippen LogP contribution is 2.30. The van der Waals surface area contributed by atoms with Gasteiger partial charge in [-0.05, 0) is 72.4 Å². The molecule has 1 aromatic heterocycles. The lowest BCUT2D eigenvalue weighted by atomic mass is 9.97. The molecule has 0 amide bonds. The minimum Gasteiger partial charge on any atom is -0.299 e. The van der Waals surface area contributed by atoms with Crippen molar-refractivity contribution in [1.82, 2.24) is 9.62 Å². The summed E-state index contributed by atoms with van der Waals surface area (Å²) in [6, 6.07) is 5.93. The molecule has 27 heavy (non-hydrogen) atoms. The van der Waals surface area contributed by atoms with E-state index in [0.717, 1.165) is 44.6 Å². The van der Waals surface area contributed by atoms with E-state index in [1.54, 1.807) is 11.3 Å². The van der Waals surface area contributed by atoms with Gasteiger partial charge in [-0.25, -0.2) is 13.1 Å². The van der Waals surface area contributed by atoms with E-state index in [0.29, 0.717) is 6.07 Å². The van der Waals surface area contributed by atoms with Crippen LogP contribution in [0.1, 0.15) is 24.0 Å². The van der Waals surface area contributed by atoms with Crippen LogP contribution in [0.3, 0.4) is 0 Å². The Hall–Kier alpha value is -1.42. The summed E-state index contributed by atoms with van der Waals surface area (Å²) in [5.41, 5.74) is 0.316. The van der Waals surface area contributed by atoms with Crippen molar-refractivity contribution in [3.05, 3.63) is 52.2 Å². The van der Waals surface area contributed by atoms with Crippen molar-refractivity contribution in [2.75, 3.05) is 19.6 Å². The smallest absolute Gasteiger partial charge is 0.299 e. The second kappa shape index (κ2) is 8.30. The third kappa shape index (κ3) is 5.54. The van der Waals surface area contributed by atoms with Gasteiger partial charge < -0.3 is 0 Å². The van der Waals surface area contributed by atoms with Gasteiger partial charge in [0, 0.05) is 13.1 Å². The van der Waals surface area contributed by atoms with Crippen LogP contribution < -0.4 is 4.72 Å². The van der Waals surface area contributed by atoms with Gasteiger partial charge in [0.05, 0.1) is 10.5 Å². The molecule has 1 aliphatic heterocycles.